The van der Waals surface area contributed by atoms with Crippen LogP contribution in [-0.2, 0) is 9.53 Å². The molecule has 1 aliphatic rings. The van der Waals surface area contributed by atoms with Crippen molar-refractivity contribution in [2.45, 2.75) is 6.92 Å². The first kappa shape index (κ1) is 9.52. The van der Waals surface area contributed by atoms with Gasteiger partial charge in [-0.15, -0.1) is 0 Å². The Morgan fingerprint density at radius 1 is 1.27 bits per heavy atom. The standard InChI is InChI=1S/C12H11NO2/c1-9(14)15-11-7-6-10-4-2-3-5-12(10)13-8-11/h2-8,13H,1H3. The summed E-state index contributed by atoms with van der Waals surface area (Å²) in [6.45, 7) is 1.38. The highest BCUT2D eigenvalue weighted by molar-refractivity contribution is 5.73. The number of rotatable bonds is 1. The highest BCUT2D eigenvalue weighted by Gasteiger charge is 2.04. The number of carbonyl (C=O) groups excluding carboxylic acids is 1. The molecule has 1 aliphatic heterocycles. The highest BCUT2D eigenvalue weighted by Crippen LogP contribution is 2.20. The van der Waals surface area contributed by atoms with Gasteiger partial charge in [0.15, 0.2) is 0 Å². The van der Waals surface area contributed by atoms with Crippen LogP contribution in [0.1, 0.15) is 12.5 Å². The minimum Gasteiger partial charge on any atom is -0.425 e. The van der Waals surface area contributed by atoms with Gasteiger partial charge in [0.1, 0.15) is 5.76 Å². The summed E-state index contributed by atoms with van der Waals surface area (Å²) in [4.78, 5) is 10.8. The molecule has 0 aromatic heterocycles. The SMILES string of the molecule is CC(=O)OC1=CNc2ccccc2C=C1. The quantitative estimate of drug-likeness (QED) is 0.709. The van der Waals surface area contributed by atoms with E-state index in [2.05, 4.69) is 5.32 Å². The lowest BCUT2D eigenvalue weighted by Gasteiger charge is -2.03. The fourth-order valence-electron chi connectivity index (χ4n) is 1.37. The van der Waals surface area contributed by atoms with Crippen molar-refractivity contribution in [2.24, 2.45) is 0 Å². The van der Waals surface area contributed by atoms with Crippen molar-refractivity contribution >= 4 is 17.7 Å². The average Bonchev–Trinajstić information content (AvgIpc) is 2.41. The topological polar surface area (TPSA) is 38.3 Å². The Kier molecular flexibility index (Phi) is 2.54. The van der Waals surface area contributed by atoms with E-state index >= 15 is 0 Å². The summed E-state index contributed by atoms with van der Waals surface area (Å²) >= 11 is 0. The Hall–Kier alpha value is -2.03. The fraction of sp³-hybridized carbons (Fsp3) is 0.0833. The second-order valence-corrected chi connectivity index (χ2v) is 3.21. The lowest BCUT2D eigenvalue weighted by molar-refractivity contribution is -0.136. The van der Waals surface area contributed by atoms with Crippen LogP contribution < -0.4 is 5.32 Å². The van der Waals surface area contributed by atoms with Crippen LogP contribution in [0, 0.1) is 0 Å². The lowest BCUT2D eigenvalue weighted by atomic mass is 10.2. The number of ether oxygens (including phenoxy) is 1. The second-order valence-electron chi connectivity index (χ2n) is 3.21. The number of hydrogen-bond acceptors (Lipinski definition) is 3. The Balaban J connectivity index is 2.25. The van der Waals surface area contributed by atoms with Gasteiger partial charge in [0.25, 0.3) is 0 Å². The minimum atomic E-state index is -0.321. The van der Waals surface area contributed by atoms with Crippen LogP contribution in [0.15, 0.2) is 42.3 Å². The third-order valence-corrected chi connectivity index (χ3v) is 2.02. The van der Waals surface area contributed by atoms with Crippen molar-refractivity contribution < 1.29 is 9.53 Å². The second kappa shape index (κ2) is 4.00. The molecular weight excluding hydrogens is 190 g/mol. The molecule has 1 aromatic rings. The molecule has 15 heavy (non-hydrogen) atoms. The van der Waals surface area contributed by atoms with Crippen LogP contribution in [-0.4, -0.2) is 5.97 Å². The zero-order valence-electron chi connectivity index (χ0n) is 8.36. The first-order valence-corrected chi connectivity index (χ1v) is 4.68. The predicted molar refractivity (Wildman–Crippen MR) is 58.9 cm³/mol. The van der Waals surface area contributed by atoms with Gasteiger partial charge in [-0.2, -0.15) is 0 Å². The van der Waals surface area contributed by atoms with Crippen molar-refractivity contribution in [3.05, 3.63) is 47.9 Å². The van der Waals surface area contributed by atoms with Gasteiger partial charge in [0.05, 0.1) is 0 Å². The van der Waals surface area contributed by atoms with E-state index < -0.39 is 0 Å². The number of nitrogens with one attached hydrogen (secondary N) is 1. The average molecular weight is 201 g/mol. The first-order chi connectivity index (χ1) is 7.25. The summed E-state index contributed by atoms with van der Waals surface area (Å²) in [6.07, 6.45) is 5.34. The molecule has 0 bridgehead atoms. The van der Waals surface area contributed by atoms with Crippen LogP contribution >= 0.6 is 0 Å². The van der Waals surface area contributed by atoms with E-state index in [0.717, 1.165) is 11.3 Å². The van der Waals surface area contributed by atoms with Crippen molar-refractivity contribution in [2.75, 3.05) is 5.32 Å². The summed E-state index contributed by atoms with van der Waals surface area (Å²) in [7, 11) is 0. The van der Waals surface area contributed by atoms with E-state index in [4.69, 9.17) is 4.74 Å². The molecule has 0 saturated heterocycles. The number of carbonyl (C=O) groups is 1. The van der Waals surface area contributed by atoms with Crippen molar-refractivity contribution in [1.82, 2.24) is 0 Å². The largest absolute Gasteiger partial charge is 0.425 e. The zero-order valence-corrected chi connectivity index (χ0v) is 8.36. The number of fused-ring (bicyclic) bond motifs is 1. The summed E-state index contributed by atoms with van der Waals surface area (Å²) in [5, 5.41) is 3.08. The van der Waals surface area contributed by atoms with Gasteiger partial charge >= 0.3 is 5.97 Å². The number of hydrogen-bond donors (Lipinski definition) is 1. The van der Waals surface area contributed by atoms with Gasteiger partial charge in [-0.1, -0.05) is 18.2 Å². The van der Waals surface area contributed by atoms with E-state index in [9.17, 15) is 4.79 Å². The summed E-state index contributed by atoms with van der Waals surface area (Å²) < 4.78 is 4.98. The third-order valence-electron chi connectivity index (χ3n) is 2.02. The molecule has 0 fully saturated rings. The van der Waals surface area contributed by atoms with Gasteiger partial charge in [-0.3, -0.25) is 4.79 Å². The Morgan fingerprint density at radius 3 is 2.87 bits per heavy atom. The van der Waals surface area contributed by atoms with E-state index in [1.165, 1.54) is 6.92 Å². The molecule has 2 rings (SSSR count). The summed E-state index contributed by atoms with van der Waals surface area (Å²) in [6, 6.07) is 7.86. The molecule has 1 N–H and O–H groups in total. The van der Waals surface area contributed by atoms with Crippen molar-refractivity contribution in [1.29, 1.82) is 0 Å². The smallest absolute Gasteiger partial charge is 0.308 e. The van der Waals surface area contributed by atoms with Crippen LogP contribution in [0.5, 0.6) is 0 Å². The van der Waals surface area contributed by atoms with Gasteiger partial charge < -0.3 is 10.1 Å². The molecule has 0 spiro atoms. The van der Waals surface area contributed by atoms with Crippen LogP contribution in [0.3, 0.4) is 0 Å². The molecular formula is C12H11NO2. The molecule has 3 nitrogen and oxygen atoms in total. The Labute approximate surface area is 88.1 Å². The highest BCUT2D eigenvalue weighted by atomic mass is 16.5. The molecule has 0 radical (unpaired) electrons. The number of esters is 1. The number of benzene rings is 1. The Bertz CT molecular complexity index is 447. The maximum Gasteiger partial charge on any atom is 0.308 e. The number of para-hydroxylation sites is 1. The monoisotopic (exact) mass is 201 g/mol. The van der Waals surface area contributed by atoms with Crippen molar-refractivity contribution in [3.8, 4) is 0 Å². The fourth-order valence-corrected chi connectivity index (χ4v) is 1.37. The number of allylic oxidation sites excluding steroid dienone is 1. The third kappa shape index (κ3) is 2.26. The molecule has 0 saturated carbocycles. The van der Waals surface area contributed by atoms with Crippen LogP contribution in [0.25, 0.3) is 6.08 Å². The first-order valence-electron chi connectivity index (χ1n) is 4.68. The molecule has 0 aliphatic carbocycles. The molecule has 0 atom stereocenters. The minimum absolute atomic E-state index is 0.321. The maximum atomic E-state index is 10.8. The van der Waals surface area contributed by atoms with E-state index in [-0.39, 0.29) is 5.97 Å². The van der Waals surface area contributed by atoms with Gasteiger partial charge in [-0.25, -0.2) is 0 Å². The molecule has 1 heterocycles. The predicted octanol–water partition coefficient (Wildman–Crippen LogP) is 2.53. The van der Waals surface area contributed by atoms with Crippen LogP contribution in [0.2, 0.25) is 0 Å². The van der Waals surface area contributed by atoms with Gasteiger partial charge in [0.2, 0.25) is 0 Å². The Morgan fingerprint density at radius 2 is 2.07 bits per heavy atom. The molecule has 0 amide bonds. The van der Waals surface area contributed by atoms with Crippen LogP contribution in [0.4, 0.5) is 5.69 Å². The maximum absolute atomic E-state index is 10.8. The molecule has 0 unspecified atom stereocenters. The van der Waals surface area contributed by atoms with E-state index in [1.54, 1.807) is 12.3 Å². The normalized spacial score (nSPS) is 13.3. The molecule has 3 heteroatoms. The number of anilines is 1. The molecule has 76 valence electrons. The summed E-state index contributed by atoms with van der Waals surface area (Å²) in [5.74, 6) is 0.192. The summed E-state index contributed by atoms with van der Waals surface area (Å²) in [5.41, 5.74) is 2.06. The van der Waals surface area contributed by atoms with Gasteiger partial charge in [0, 0.05) is 18.8 Å². The van der Waals surface area contributed by atoms with Crippen molar-refractivity contribution in [3.63, 3.8) is 0 Å². The van der Waals surface area contributed by atoms with E-state index in [0.29, 0.717) is 5.76 Å². The van der Waals surface area contributed by atoms with E-state index in [1.807, 2.05) is 30.3 Å². The van der Waals surface area contributed by atoms with Gasteiger partial charge in [-0.05, 0) is 23.8 Å². The lowest BCUT2D eigenvalue weighted by Crippen LogP contribution is -1.98. The zero-order chi connectivity index (χ0) is 10.7. The molecule has 1 aromatic carbocycles.